The predicted octanol–water partition coefficient (Wildman–Crippen LogP) is 4.40. The number of nitrogens with zero attached hydrogens (tertiary/aromatic N) is 3. The predicted molar refractivity (Wildman–Crippen MR) is 177 cm³/mol. The molecule has 3 N–H and O–H groups in total. The summed E-state index contributed by atoms with van der Waals surface area (Å²) in [5.74, 6) is -0.686. The van der Waals surface area contributed by atoms with E-state index in [1.54, 1.807) is 42.5 Å². The summed E-state index contributed by atoms with van der Waals surface area (Å²) in [6.07, 6.45) is 5.53. The number of benzene rings is 2. The monoisotopic (exact) mass is 628 g/mol. The first kappa shape index (κ1) is 32.8. The number of morpholine rings is 1. The lowest BCUT2D eigenvalue weighted by Crippen LogP contribution is -2.45. The average Bonchev–Trinajstić information content (AvgIpc) is 3.04. The summed E-state index contributed by atoms with van der Waals surface area (Å²) in [6, 6.07) is 14.0. The number of aromatic nitrogens is 2. The largest absolute Gasteiger partial charge is 0.378 e. The minimum atomic E-state index is -0.861. The van der Waals surface area contributed by atoms with E-state index in [2.05, 4.69) is 41.8 Å². The Kier molecular flexibility index (Phi) is 10.1. The second-order valence-corrected chi connectivity index (χ2v) is 12.5. The Labute approximate surface area is 268 Å². The van der Waals surface area contributed by atoms with E-state index in [4.69, 9.17) is 4.74 Å². The first-order valence-electron chi connectivity index (χ1n) is 15.5. The molecule has 0 aliphatic carbocycles. The maximum absolute atomic E-state index is 14.6. The molecule has 2 amide bonds. The molecule has 1 atom stereocenters. The van der Waals surface area contributed by atoms with Gasteiger partial charge < -0.3 is 25.6 Å². The molecule has 2 aliphatic heterocycles. The van der Waals surface area contributed by atoms with Crippen molar-refractivity contribution >= 4 is 23.2 Å². The molecule has 11 heteroatoms. The molecule has 0 radical (unpaired) electrons. The molecular formula is C35H41FN6O4. The van der Waals surface area contributed by atoms with E-state index in [0.29, 0.717) is 67.6 Å². The Morgan fingerprint density at radius 2 is 1.83 bits per heavy atom. The van der Waals surface area contributed by atoms with Crippen molar-refractivity contribution in [2.24, 2.45) is 13.0 Å². The maximum atomic E-state index is 14.6. The lowest BCUT2D eigenvalue weighted by molar-refractivity contribution is -0.137. The van der Waals surface area contributed by atoms with E-state index in [1.807, 2.05) is 29.2 Å². The second-order valence-electron chi connectivity index (χ2n) is 12.5. The third-order valence-corrected chi connectivity index (χ3v) is 8.17. The van der Waals surface area contributed by atoms with Gasteiger partial charge >= 0.3 is 0 Å². The molecule has 0 saturated carbocycles. The van der Waals surface area contributed by atoms with Gasteiger partial charge in [-0.25, -0.2) is 9.07 Å². The Morgan fingerprint density at radius 3 is 2.52 bits per heavy atom. The summed E-state index contributed by atoms with van der Waals surface area (Å²) in [6.45, 7) is 8.62. The maximum Gasteiger partial charge on any atom is 0.290 e. The Morgan fingerprint density at radius 1 is 1.09 bits per heavy atom. The number of nitrogens with one attached hydrogen (secondary N) is 3. The van der Waals surface area contributed by atoms with Crippen LogP contribution >= 0.6 is 0 Å². The lowest BCUT2D eigenvalue weighted by atomic mass is 9.86. The number of allylic oxidation sites excluding steroid dienone is 1. The van der Waals surface area contributed by atoms with Gasteiger partial charge in [-0.1, -0.05) is 51.1 Å². The molecule has 2 aliphatic rings. The van der Waals surface area contributed by atoms with Gasteiger partial charge in [-0.05, 0) is 47.4 Å². The third-order valence-electron chi connectivity index (χ3n) is 8.17. The summed E-state index contributed by atoms with van der Waals surface area (Å²) in [7, 11) is 1.53. The number of hydrogen-bond acceptors (Lipinski definition) is 7. The fraction of sp³-hybridized carbons (Fsp3) is 0.371. The van der Waals surface area contributed by atoms with E-state index in [0.717, 1.165) is 5.56 Å². The smallest absolute Gasteiger partial charge is 0.290 e. The van der Waals surface area contributed by atoms with Crippen LogP contribution in [0.15, 0.2) is 77.3 Å². The molecule has 242 valence electrons. The topological polar surface area (TPSA) is 118 Å². The van der Waals surface area contributed by atoms with Crippen molar-refractivity contribution in [3.05, 3.63) is 99.5 Å². The molecule has 0 spiro atoms. The van der Waals surface area contributed by atoms with E-state index >= 15 is 0 Å². The van der Waals surface area contributed by atoms with Crippen molar-refractivity contribution in [1.29, 1.82) is 0 Å². The van der Waals surface area contributed by atoms with Crippen molar-refractivity contribution in [3.63, 3.8) is 0 Å². The van der Waals surface area contributed by atoms with Crippen molar-refractivity contribution in [2.45, 2.75) is 32.9 Å². The third kappa shape index (κ3) is 7.60. The van der Waals surface area contributed by atoms with E-state index in [-0.39, 0.29) is 40.0 Å². The van der Waals surface area contributed by atoms with Crippen molar-refractivity contribution in [1.82, 2.24) is 20.0 Å². The van der Waals surface area contributed by atoms with Crippen LogP contribution in [-0.2, 0) is 28.7 Å². The van der Waals surface area contributed by atoms with Crippen LogP contribution in [0.2, 0.25) is 0 Å². The first-order chi connectivity index (χ1) is 22.0. The van der Waals surface area contributed by atoms with Gasteiger partial charge in [0, 0.05) is 61.3 Å². The molecule has 1 aromatic heterocycles. The van der Waals surface area contributed by atoms with Gasteiger partial charge in [0.05, 0.1) is 24.8 Å². The van der Waals surface area contributed by atoms with Gasteiger partial charge in [0.15, 0.2) is 0 Å². The molecule has 1 unspecified atom stereocenters. The minimum absolute atomic E-state index is 0.0306. The quantitative estimate of drug-likeness (QED) is 0.355. The number of ether oxygens (including phenoxy) is 1. The van der Waals surface area contributed by atoms with Crippen LogP contribution < -0.4 is 21.5 Å². The lowest BCUT2D eigenvalue weighted by Gasteiger charge is -2.30. The molecule has 1 saturated heterocycles. The molecule has 0 bridgehead atoms. The fourth-order valence-corrected chi connectivity index (χ4v) is 5.45. The Bertz CT molecular complexity index is 1700. The number of anilines is 2. The highest BCUT2D eigenvalue weighted by atomic mass is 19.1. The zero-order chi connectivity index (χ0) is 32.8. The summed E-state index contributed by atoms with van der Waals surface area (Å²) < 4.78 is 21.2. The van der Waals surface area contributed by atoms with Gasteiger partial charge in [0.1, 0.15) is 12.4 Å². The Balaban J connectivity index is 1.38. The van der Waals surface area contributed by atoms with E-state index < -0.39 is 6.67 Å². The van der Waals surface area contributed by atoms with E-state index in [9.17, 15) is 18.8 Å². The normalized spacial score (nSPS) is 18.9. The SMILES string of the molecule is Cn1nc(-c2cccc(NC(=O)c3ccc(C(C)(C)C)cc3)c2CF)cc(NC2=C\CNCC(C(=O)N3CCOCC3)/C=C\2)c1=O. The van der Waals surface area contributed by atoms with Crippen LogP contribution in [0.25, 0.3) is 11.3 Å². The number of hydrogen-bond donors (Lipinski definition) is 3. The summed E-state index contributed by atoms with van der Waals surface area (Å²) in [5.41, 5.74) is 3.37. The molecule has 3 aromatic rings. The summed E-state index contributed by atoms with van der Waals surface area (Å²) in [5, 5.41) is 13.7. The molecule has 10 nitrogen and oxygen atoms in total. The highest BCUT2D eigenvalue weighted by Crippen LogP contribution is 2.30. The van der Waals surface area contributed by atoms with Crippen LogP contribution in [0.1, 0.15) is 42.3 Å². The molecule has 2 aromatic carbocycles. The van der Waals surface area contributed by atoms with Gasteiger partial charge in [-0.2, -0.15) is 5.10 Å². The number of carbonyl (C=O) groups excluding carboxylic acids is 2. The zero-order valence-electron chi connectivity index (χ0n) is 26.7. The van der Waals surface area contributed by atoms with Crippen LogP contribution in [0, 0.1) is 5.92 Å². The van der Waals surface area contributed by atoms with Gasteiger partial charge in [0.2, 0.25) is 5.91 Å². The zero-order valence-corrected chi connectivity index (χ0v) is 26.7. The number of amides is 2. The Hall–Kier alpha value is -4.61. The highest BCUT2D eigenvalue weighted by molar-refractivity contribution is 6.05. The molecule has 46 heavy (non-hydrogen) atoms. The number of alkyl halides is 1. The summed E-state index contributed by atoms with van der Waals surface area (Å²) in [4.78, 5) is 41.2. The van der Waals surface area contributed by atoms with Crippen LogP contribution in [0.4, 0.5) is 15.8 Å². The summed E-state index contributed by atoms with van der Waals surface area (Å²) >= 11 is 0. The molecular weight excluding hydrogens is 587 g/mol. The fourth-order valence-electron chi connectivity index (χ4n) is 5.45. The number of halogens is 1. The number of carbonyl (C=O) groups is 2. The minimum Gasteiger partial charge on any atom is -0.378 e. The van der Waals surface area contributed by atoms with Crippen molar-refractivity contribution < 1.29 is 18.7 Å². The van der Waals surface area contributed by atoms with Crippen molar-refractivity contribution in [2.75, 3.05) is 50.0 Å². The second kappa shape index (κ2) is 14.2. The molecule has 1 fully saturated rings. The van der Waals surface area contributed by atoms with Gasteiger partial charge in [-0.15, -0.1) is 0 Å². The number of aryl methyl sites for hydroxylation is 1. The standard InChI is InChI=1S/C35H41FN6O4/c1-35(2,3)25-11-8-23(9-12-25)32(43)39-29-7-5-6-27(28(29)21-36)30-20-31(34(45)41(4)40-30)38-26-13-10-24(22-37-15-14-26)33(44)42-16-18-46-19-17-42/h5-14,20,24,37-38H,15-19,21-22H2,1-4H3,(H,39,43)/b13-10-,26-14-. The highest BCUT2D eigenvalue weighted by Gasteiger charge is 2.24. The van der Waals surface area contributed by atoms with Crippen LogP contribution in [0.5, 0.6) is 0 Å². The van der Waals surface area contributed by atoms with Crippen LogP contribution in [-0.4, -0.2) is 65.9 Å². The molecule has 3 heterocycles. The van der Waals surface area contributed by atoms with Crippen LogP contribution in [0.3, 0.4) is 0 Å². The average molecular weight is 629 g/mol. The van der Waals surface area contributed by atoms with Gasteiger partial charge in [-0.3, -0.25) is 14.4 Å². The number of rotatable bonds is 7. The van der Waals surface area contributed by atoms with Crippen molar-refractivity contribution in [3.8, 4) is 11.3 Å². The molecule has 5 rings (SSSR count). The first-order valence-corrected chi connectivity index (χ1v) is 15.5. The van der Waals surface area contributed by atoms with Gasteiger partial charge in [0.25, 0.3) is 11.5 Å². The van der Waals surface area contributed by atoms with E-state index in [1.165, 1.54) is 11.7 Å².